The highest BCUT2D eigenvalue weighted by molar-refractivity contribution is 5.24. The lowest BCUT2D eigenvalue weighted by Gasteiger charge is -2.23. The highest BCUT2D eigenvalue weighted by atomic mass is 19.4. The van der Waals surface area contributed by atoms with Gasteiger partial charge in [0.2, 0.25) is 0 Å². The molecule has 5 heteroatoms. The van der Waals surface area contributed by atoms with Gasteiger partial charge in [-0.2, -0.15) is 13.2 Å². The lowest BCUT2D eigenvalue weighted by molar-refractivity contribution is -0.137. The molecule has 1 N–H and O–H groups in total. The number of nitrogens with one attached hydrogen (secondary N) is 1. The molecule has 0 aliphatic carbocycles. The van der Waals surface area contributed by atoms with Crippen LogP contribution < -0.4 is 5.32 Å². The molecule has 0 saturated carbocycles. The summed E-state index contributed by atoms with van der Waals surface area (Å²) in [7, 11) is 0. The van der Waals surface area contributed by atoms with Crippen molar-refractivity contribution in [1.82, 2.24) is 10.2 Å². The Morgan fingerprint density at radius 2 is 1.65 bits per heavy atom. The molecule has 0 aliphatic heterocycles. The van der Waals surface area contributed by atoms with Gasteiger partial charge < -0.3 is 10.2 Å². The van der Waals surface area contributed by atoms with Crippen LogP contribution in [0.2, 0.25) is 0 Å². The molecule has 114 valence electrons. The fourth-order valence-electron chi connectivity index (χ4n) is 2.04. The number of hydrogen-bond acceptors (Lipinski definition) is 2. The normalized spacial score (nSPS) is 13.8. The van der Waals surface area contributed by atoms with Gasteiger partial charge in [0.05, 0.1) is 5.56 Å². The Bertz CT molecular complexity index is 383. The molecule has 2 nitrogen and oxygen atoms in total. The molecule has 0 heterocycles. The molecule has 1 unspecified atom stereocenters. The van der Waals surface area contributed by atoms with Gasteiger partial charge in [0, 0.05) is 19.1 Å². The van der Waals surface area contributed by atoms with Crippen molar-refractivity contribution in [2.75, 3.05) is 19.6 Å². The minimum Gasteiger partial charge on any atom is -0.309 e. The van der Waals surface area contributed by atoms with E-state index in [1.54, 1.807) is 0 Å². The zero-order valence-corrected chi connectivity index (χ0v) is 12.3. The van der Waals surface area contributed by atoms with Crippen LogP contribution >= 0.6 is 0 Å². The van der Waals surface area contributed by atoms with Crippen LogP contribution in [0.3, 0.4) is 0 Å². The van der Waals surface area contributed by atoms with E-state index < -0.39 is 11.7 Å². The first-order chi connectivity index (χ1) is 9.36. The first-order valence-corrected chi connectivity index (χ1v) is 6.98. The zero-order valence-electron chi connectivity index (χ0n) is 12.3. The molecule has 0 fully saturated rings. The largest absolute Gasteiger partial charge is 0.416 e. The van der Waals surface area contributed by atoms with Crippen molar-refractivity contribution < 1.29 is 13.2 Å². The third-order valence-electron chi connectivity index (χ3n) is 3.36. The van der Waals surface area contributed by atoms with Crippen LogP contribution in [-0.2, 0) is 12.7 Å². The van der Waals surface area contributed by atoms with Crippen molar-refractivity contribution in [1.29, 1.82) is 0 Å². The number of halogens is 3. The van der Waals surface area contributed by atoms with E-state index in [0.717, 1.165) is 37.3 Å². The monoisotopic (exact) mass is 288 g/mol. The van der Waals surface area contributed by atoms with Gasteiger partial charge in [0.1, 0.15) is 0 Å². The van der Waals surface area contributed by atoms with Gasteiger partial charge in [0.15, 0.2) is 0 Å². The van der Waals surface area contributed by atoms with Crippen LogP contribution in [0.25, 0.3) is 0 Å². The topological polar surface area (TPSA) is 15.3 Å². The minimum absolute atomic E-state index is 0.303. The van der Waals surface area contributed by atoms with Crippen molar-refractivity contribution in [3.63, 3.8) is 0 Å². The molecule has 0 aliphatic rings. The van der Waals surface area contributed by atoms with Crippen LogP contribution in [0, 0.1) is 0 Å². The smallest absolute Gasteiger partial charge is 0.309 e. The van der Waals surface area contributed by atoms with Crippen LogP contribution in [0.5, 0.6) is 0 Å². The number of likely N-dealkylation sites (N-methyl/N-ethyl adjacent to an activating group) is 1. The number of benzene rings is 1. The number of hydrogen-bond donors (Lipinski definition) is 1. The van der Waals surface area contributed by atoms with Crippen LogP contribution in [-0.4, -0.2) is 30.6 Å². The summed E-state index contributed by atoms with van der Waals surface area (Å²) in [6.45, 7) is 9.85. The van der Waals surface area contributed by atoms with Crippen molar-refractivity contribution in [3.8, 4) is 0 Å². The summed E-state index contributed by atoms with van der Waals surface area (Å²) in [6.07, 6.45) is -4.26. The first kappa shape index (κ1) is 17.0. The van der Waals surface area contributed by atoms with Gasteiger partial charge in [0.25, 0.3) is 0 Å². The van der Waals surface area contributed by atoms with Gasteiger partial charge in [-0.25, -0.2) is 0 Å². The number of nitrogens with zero attached hydrogens (tertiary/aromatic N) is 1. The zero-order chi connectivity index (χ0) is 15.2. The average Bonchev–Trinajstić information content (AvgIpc) is 2.42. The van der Waals surface area contributed by atoms with Crippen molar-refractivity contribution in [3.05, 3.63) is 35.4 Å². The van der Waals surface area contributed by atoms with Gasteiger partial charge in [-0.1, -0.05) is 26.0 Å². The molecule has 1 rings (SSSR count). The summed E-state index contributed by atoms with van der Waals surface area (Å²) in [6, 6.07) is 5.62. The standard InChI is InChI=1S/C15H23F3N2/c1-4-20(5-2)11-12(3)19-10-13-6-8-14(9-7-13)15(16,17)18/h6-9,12,19H,4-5,10-11H2,1-3H3. The Labute approximate surface area is 119 Å². The van der Waals surface area contributed by atoms with E-state index in [9.17, 15) is 13.2 Å². The van der Waals surface area contributed by atoms with Crippen LogP contribution in [0.4, 0.5) is 13.2 Å². The fraction of sp³-hybridized carbons (Fsp3) is 0.600. The van der Waals surface area contributed by atoms with E-state index in [0.29, 0.717) is 12.6 Å². The van der Waals surface area contributed by atoms with Crippen molar-refractivity contribution in [2.45, 2.75) is 39.5 Å². The van der Waals surface area contributed by atoms with Gasteiger partial charge in [-0.3, -0.25) is 0 Å². The third kappa shape index (κ3) is 5.51. The summed E-state index contributed by atoms with van der Waals surface area (Å²) in [5.41, 5.74) is 0.266. The molecule has 1 aromatic carbocycles. The van der Waals surface area contributed by atoms with Gasteiger partial charge in [-0.05, 0) is 37.7 Å². The molecule has 0 bridgehead atoms. The molecule has 0 aromatic heterocycles. The lowest BCUT2D eigenvalue weighted by Crippen LogP contribution is -2.38. The maximum absolute atomic E-state index is 12.4. The van der Waals surface area contributed by atoms with E-state index >= 15 is 0 Å². The van der Waals surface area contributed by atoms with Crippen LogP contribution in [0.1, 0.15) is 31.9 Å². The van der Waals surface area contributed by atoms with E-state index in [1.165, 1.54) is 12.1 Å². The molecule has 20 heavy (non-hydrogen) atoms. The minimum atomic E-state index is -4.26. The molecular formula is C15H23F3N2. The summed E-state index contributed by atoms with van der Waals surface area (Å²) in [5, 5.41) is 3.33. The summed E-state index contributed by atoms with van der Waals surface area (Å²) in [4.78, 5) is 2.31. The summed E-state index contributed by atoms with van der Waals surface area (Å²) < 4.78 is 37.3. The Hall–Kier alpha value is -1.07. The van der Waals surface area contributed by atoms with Crippen molar-refractivity contribution >= 4 is 0 Å². The highest BCUT2D eigenvalue weighted by Gasteiger charge is 2.29. The average molecular weight is 288 g/mol. The first-order valence-electron chi connectivity index (χ1n) is 6.98. The number of rotatable bonds is 7. The Kier molecular flexibility index (Phi) is 6.49. The van der Waals surface area contributed by atoms with E-state index in [-0.39, 0.29) is 0 Å². The Balaban J connectivity index is 2.46. The predicted octanol–water partition coefficient (Wildman–Crippen LogP) is 3.53. The lowest BCUT2D eigenvalue weighted by atomic mass is 10.1. The maximum Gasteiger partial charge on any atom is 0.416 e. The summed E-state index contributed by atoms with van der Waals surface area (Å²) >= 11 is 0. The fourth-order valence-corrected chi connectivity index (χ4v) is 2.04. The third-order valence-corrected chi connectivity index (χ3v) is 3.36. The SMILES string of the molecule is CCN(CC)CC(C)NCc1ccc(C(F)(F)F)cc1. The second-order valence-electron chi connectivity index (χ2n) is 4.96. The summed E-state index contributed by atoms with van der Waals surface area (Å²) in [5.74, 6) is 0. The maximum atomic E-state index is 12.4. The van der Waals surface area contributed by atoms with E-state index in [1.807, 2.05) is 0 Å². The van der Waals surface area contributed by atoms with Gasteiger partial charge in [-0.15, -0.1) is 0 Å². The molecule has 0 spiro atoms. The molecule has 1 atom stereocenters. The Morgan fingerprint density at radius 1 is 1.10 bits per heavy atom. The molecule has 0 amide bonds. The molecular weight excluding hydrogens is 265 g/mol. The highest BCUT2D eigenvalue weighted by Crippen LogP contribution is 2.29. The quantitative estimate of drug-likeness (QED) is 0.826. The van der Waals surface area contributed by atoms with E-state index in [4.69, 9.17) is 0 Å². The predicted molar refractivity (Wildman–Crippen MR) is 75.5 cm³/mol. The van der Waals surface area contributed by atoms with Crippen LogP contribution in [0.15, 0.2) is 24.3 Å². The number of alkyl halides is 3. The Morgan fingerprint density at radius 3 is 2.10 bits per heavy atom. The van der Waals surface area contributed by atoms with Crippen molar-refractivity contribution in [2.24, 2.45) is 0 Å². The molecule has 1 aromatic rings. The van der Waals surface area contributed by atoms with E-state index in [2.05, 4.69) is 31.0 Å². The second kappa shape index (κ2) is 7.64. The second-order valence-corrected chi connectivity index (χ2v) is 4.96. The molecule has 0 saturated heterocycles. The molecule has 0 radical (unpaired) electrons. The van der Waals surface area contributed by atoms with Gasteiger partial charge >= 0.3 is 6.18 Å².